The number of likely N-dealkylation sites (tertiary alicyclic amines) is 2. The normalized spacial score (nSPS) is 26.0. The fourth-order valence-electron chi connectivity index (χ4n) is 4.43. The van der Waals surface area contributed by atoms with Gasteiger partial charge in [0.25, 0.3) is 0 Å². The van der Waals surface area contributed by atoms with Crippen molar-refractivity contribution in [1.29, 1.82) is 0 Å². The van der Waals surface area contributed by atoms with E-state index in [4.69, 9.17) is 0 Å². The largest absolute Gasteiger partial charge is 0.342 e. The summed E-state index contributed by atoms with van der Waals surface area (Å²) in [4.78, 5) is 29.1. The molecule has 3 fully saturated rings. The number of carbonyl (C=O) groups excluding carboxylic acids is 2. The minimum Gasteiger partial charge on any atom is -0.342 e. The van der Waals surface area contributed by atoms with Crippen LogP contribution in [-0.2, 0) is 9.59 Å². The minimum atomic E-state index is -0.0894. The van der Waals surface area contributed by atoms with Crippen LogP contribution in [0.15, 0.2) is 0 Å². The average molecular weight is 358 g/mol. The molecule has 1 aliphatic carbocycles. The molecule has 0 aromatic rings. The third kappa shape index (κ3) is 4.42. The summed E-state index contributed by atoms with van der Waals surface area (Å²) in [6.45, 7) is 6.60. The number of rotatable bonds is 5. The molecule has 1 unspecified atom stereocenters. The second-order valence-electron chi connectivity index (χ2n) is 7.46. The Morgan fingerprint density at radius 2 is 1.83 bits per heavy atom. The molecule has 138 valence electrons. The third-order valence-corrected chi connectivity index (χ3v) is 5.88. The molecule has 0 radical (unpaired) electrons. The minimum absolute atomic E-state index is 0. The van der Waals surface area contributed by atoms with E-state index in [0.29, 0.717) is 24.9 Å². The fraction of sp³-hybridized carbons (Fsp3) is 0.889. The standard InChI is InChI=1S/C18H31N3O2.ClH/c1-2-19-12-14-7-9-20(10-8-14)18(23)15-11-17(22)21(13-15)16-5-3-4-6-16;/h14-16,19H,2-13H2,1H3;1H. The Kier molecular flexibility index (Phi) is 7.35. The summed E-state index contributed by atoms with van der Waals surface area (Å²) in [7, 11) is 0. The molecule has 24 heavy (non-hydrogen) atoms. The summed E-state index contributed by atoms with van der Waals surface area (Å²) in [5, 5.41) is 3.41. The third-order valence-electron chi connectivity index (χ3n) is 5.88. The number of hydrogen-bond donors (Lipinski definition) is 1. The Balaban J connectivity index is 0.00000208. The van der Waals surface area contributed by atoms with Gasteiger partial charge in [0.05, 0.1) is 5.92 Å². The predicted molar refractivity (Wildman–Crippen MR) is 97.2 cm³/mol. The summed E-state index contributed by atoms with van der Waals surface area (Å²) in [5.74, 6) is 1.03. The van der Waals surface area contributed by atoms with Gasteiger partial charge in [0.1, 0.15) is 0 Å². The van der Waals surface area contributed by atoms with Crippen molar-refractivity contribution in [3.8, 4) is 0 Å². The second kappa shape index (κ2) is 9.04. The number of halogens is 1. The molecule has 0 aromatic carbocycles. The van der Waals surface area contributed by atoms with Gasteiger partial charge in [0.2, 0.25) is 11.8 Å². The first-order valence-electron chi connectivity index (χ1n) is 9.48. The second-order valence-corrected chi connectivity index (χ2v) is 7.46. The van der Waals surface area contributed by atoms with Gasteiger partial charge in [-0.1, -0.05) is 19.8 Å². The van der Waals surface area contributed by atoms with Gasteiger partial charge in [-0.05, 0) is 44.7 Å². The molecule has 0 spiro atoms. The highest BCUT2D eigenvalue weighted by atomic mass is 35.5. The summed E-state index contributed by atoms with van der Waals surface area (Å²) >= 11 is 0. The maximum atomic E-state index is 12.8. The zero-order valence-corrected chi connectivity index (χ0v) is 15.7. The summed E-state index contributed by atoms with van der Waals surface area (Å²) in [5.41, 5.74) is 0. The lowest BCUT2D eigenvalue weighted by atomic mass is 9.95. The lowest BCUT2D eigenvalue weighted by molar-refractivity contribution is -0.137. The Morgan fingerprint density at radius 1 is 1.17 bits per heavy atom. The molecule has 3 aliphatic rings. The van der Waals surface area contributed by atoms with Gasteiger partial charge in [-0.2, -0.15) is 0 Å². The van der Waals surface area contributed by atoms with E-state index in [1.165, 1.54) is 12.8 Å². The molecule has 1 atom stereocenters. The van der Waals surface area contributed by atoms with E-state index < -0.39 is 0 Å². The molecule has 2 aliphatic heterocycles. The first-order chi connectivity index (χ1) is 11.2. The van der Waals surface area contributed by atoms with E-state index in [1.54, 1.807) is 0 Å². The van der Waals surface area contributed by atoms with Crippen molar-refractivity contribution in [3.63, 3.8) is 0 Å². The number of nitrogens with zero attached hydrogens (tertiary/aromatic N) is 2. The van der Waals surface area contributed by atoms with Gasteiger partial charge in [-0.15, -0.1) is 12.4 Å². The predicted octanol–water partition coefficient (Wildman–Crippen LogP) is 2.05. The maximum absolute atomic E-state index is 12.8. The van der Waals surface area contributed by atoms with Gasteiger partial charge in [-0.25, -0.2) is 0 Å². The highest BCUT2D eigenvalue weighted by molar-refractivity contribution is 5.89. The number of hydrogen-bond acceptors (Lipinski definition) is 3. The monoisotopic (exact) mass is 357 g/mol. The zero-order chi connectivity index (χ0) is 16.2. The van der Waals surface area contributed by atoms with Crippen LogP contribution in [0, 0.1) is 11.8 Å². The van der Waals surface area contributed by atoms with Crippen LogP contribution in [-0.4, -0.2) is 60.4 Å². The van der Waals surface area contributed by atoms with Crippen molar-refractivity contribution in [2.45, 2.75) is 57.9 Å². The first kappa shape index (κ1) is 19.5. The van der Waals surface area contributed by atoms with Crippen molar-refractivity contribution in [2.75, 3.05) is 32.7 Å². The van der Waals surface area contributed by atoms with Gasteiger partial charge < -0.3 is 15.1 Å². The van der Waals surface area contributed by atoms with Crippen LogP contribution >= 0.6 is 12.4 Å². The van der Waals surface area contributed by atoms with E-state index in [0.717, 1.165) is 51.9 Å². The van der Waals surface area contributed by atoms with Crippen molar-refractivity contribution >= 4 is 24.2 Å². The highest BCUT2D eigenvalue weighted by Gasteiger charge is 2.40. The van der Waals surface area contributed by atoms with Gasteiger partial charge in [-0.3, -0.25) is 9.59 Å². The maximum Gasteiger partial charge on any atom is 0.227 e. The topological polar surface area (TPSA) is 52.7 Å². The molecular weight excluding hydrogens is 326 g/mol. The van der Waals surface area contributed by atoms with Crippen LogP contribution in [0.3, 0.4) is 0 Å². The van der Waals surface area contributed by atoms with E-state index >= 15 is 0 Å². The van der Waals surface area contributed by atoms with Crippen molar-refractivity contribution in [3.05, 3.63) is 0 Å². The molecule has 6 heteroatoms. The highest BCUT2D eigenvalue weighted by Crippen LogP contribution is 2.30. The molecule has 0 bridgehead atoms. The van der Waals surface area contributed by atoms with Crippen molar-refractivity contribution in [1.82, 2.24) is 15.1 Å². The van der Waals surface area contributed by atoms with E-state index in [2.05, 4.69) is 12.2 Å². The summed E-state index contributed by atoms with van der Waals surface area (Å²) in [6.07, 6.45) is 7.33. The van der Waals surface area contributed by atoms with Crippen LogP contribution in [0.5, 0.6) is 0 Å². The Morgan fingerprint density at radius 3 is 2.46 bits per heavy atom. The number of amides is 2. The van der Waals surface area contributed by atoms with E-state index in [9.17, 15) is 9.59 Å². The van der Waals surface area contributed by atoms with Crippen LogP contribution in [0.25, 0.3) is 0 Å². The molecule has 5 nitrogen and oxygen atoms in total. The SMILES string of the molecule is CCNCC1CCN(C(=O)C2CC(=O)N(C3CCCC3)C2)CC1.Cl. The van der Waals surface area contributed by atoms with Gasteiger partial charge in [0.15, 0.2) is 0 Å². The molecule has 1 N–H and O–H groups in total. The smallest absolute Gasteiger partial charge is 0.227 e. The molecule has 0 aromatic heterocycles. The number of nitrogens with one attached hydrogen (secondary N) is 1. The molecule has 1 saturated carbocycles. The lowest BCUT2D eigenvalue weighted by Crippen LogP contribution is -2.44. The first-order valence-corrected chi connectivity index (χ1v) is 9.48. The average Bonchev–Trinajstić information content (AvgIpc) is 3.22. The Hall–Kier alpha value is -0.810. The Labute approximate surface area is 151 Å². The van der Waals surface area contributed by atoms with Crippen molar-refractivity contribution in [2.24, 2.45) is 11.8 Å². The van der Waals surface area contributed by atoms with Crippen LogP contribution in [0.2, 0.25) is 0 Å². The molecular formula is C18H32ClN3O2. The van der Waals surface area contributed by atoms with Crippen molar-refractivity contribution < 1.29 is 9.59 Å². The quantitative estimate of drug-likeness (QED) is 0.819. The lowest BCUT2D eigenvalue weighted by Gasteiger charge is -2.33. The summed E-state index contributed by atoms with van der Waals surface area (Å²) < 4.78 is 0. The van der Waals surface area contributed by atoms with Gasteiger partial charge in [0, 0.05) is 32.1 Å². The fourth-order valence-corrected chi connectivity index (χ4v) is 4.43. The molecule has 2 saturated heterocycles. The van der Waals surface area contributed by atoms with Crippen LogP contribution in [0.1, 0.15) is 51.9 Å². The van der Waals surface area contributed by atoms with Gasteiger partial charge >= 0.3 is 0 Å². The van der Waals surface area contributed by atoms with Crippen LogP contribution in [0.4, 0.5) is 0 Å². The van der Waals surface area contributed by atoms with E-state index in [-0.39, 0.29) is 30.1 Å². The van der Waals surface area contributed by atoms with Crippen LogP contribution < -0.4 is 5.32 Å². The summed E-state index contributed by atoms with van der Waals surface area (Å²) in [6, 6.07) is 0.408. The van der Waals surface area contributed by atoms with E-state index in [1.807, 2.05) is 9.80 Å². The molecule has 3 rings (SSSR count). The molecule has 2 amide bonds. The number of carbonyl (C=O) groups is 2. The number of piperidine rings is 1. The Bertz CT molecular complexity index is 432. The zero-order valence-electron chi connectivity index (χ0n) is 14.8. The molecule has 2 heterocycles.